The van der Waals surface area contributed by atoms with Gasteiger partial charge in [0.2, 0.25) is 11.8 Å². The molecule has 2 amide bonds. The summed E-state index contributed by atoms with van der Waals surface area (Å²) in [5.41, 5.74) is 0.385. The molecule has 2 saturated heterocycles. The van der Waals surface area contributed by atoms with Gasteiger partial charge in [-0.3, -0.25) is 14.5 Å². The van der Waals surface area contributed by atoms with Crippen molar-refractivity contribution in [1.82, 2.24) is 15.1 Å². The van der Waals surface area contributed by atoms with Crippen LogP contribution in [-0.2, 0) is 26.0 Å². The van der Waals surface area contributed by atoms with E-state index < -0.39 is 21.4 Å². The quantitative estimate of drug-likeness (QED) is 0.467. The number of benzene rings is 2. The lowest BCUT2D eigenvalue weighted by Gasteiger charge is -2.52. The number of nitrogens with zero attached hydrogens (tertiary/aromatic N) is 2. The standard InChI is InChI=1S/C30H41N3O5S/c1-5-6-17-33-28(34)27(20-22(2)3)31-29(35)30(33)15-18-32(19-16-30)21-23-7-9-24(10-8-23)38-25-11-13-26(14-12-25)39(4,36)37/h7-14,22,27H,5-6,15-21H2,1-4H3,(H,31,35)/t27-/m0/s1. The van der Waals surface area contributed by atoms with Crippen LogP contribution in [0.1, 0.15) is 58.4 Å². The van der Waals surface area contributed by atoms with Crippen LogP contribution in [0.5, 0.6) is 11.5 Å². The number of carbonyl (C=O) groups is 2. The van der Waals surface area contributed by atoms with Crippen molar-refractivity contribution in [2.24, 2.45) is 5.92 Å². The third-order valence-corrected chi connectivity index (χ3v) is 8.88. The van der Waals surface area contributed by atoms with E-state index in [4.69, 9.17) is 4.74 Å². The number of sulfone groups is 1. The Morgan fingerprint density at radius 1 is 1.00 bits per heavy atom. The second-order valence-electron chi connectivity index (χ2n) is 11.3. The molecule has 2 aromatic rings. The number of hydrogen-bond acceptors (Lipinski definition) is 6. The third kappa shape index (κ3) is 6.81. The van der Waals surface area contributed by atoms with Gasteiger partial charge in [-0.05, 0) is 73.6 Å². The monoisotopic (exact) mass is 555 g/mol. The zero-order chi connectivity index (χ0) is 28.2. The molecule has 4 rings (SSSR count). The molecule has 1 atom stereocenters. The van der Waals surface area contributed by atoms with Gasteiger partial charge in [0.1, 0.15) is 23.1 Å². The summed E-state index contributed by atoms with van der Waals surface area (Å²) in [5.74, 6) is 1.66. The Labute approximate surface area is 232 Å². The number of carbonyl (C=O) groups excluding carboxylic acids is 2. The van der Waals surface area contributed by atoms with Crippen LogP contribution in [0.25, 0.3) is 0 Å². The summed E-state index contributed by atoms with van der Waals surface area (Å²) in [7, 11) is -3.24. The first kappa shape index (κ1) is 29.1. The predicted octanol–water partition coefficient (Wildman–Crippen LogP) is 4.39. The zero-order valence-electron chi connectivity index (χ0n) is 23.5. The minimum absolute atomic E-state index is 0.00886. The first-order valence-corrected chi connectivity index (χ1v) is 15.8. The molecule has 0 aromatic heterocycles. The lowest BCUT2D eigenvalue weighted by Crippen LogP contribution is -2.73. The Kier molecular flexibility index (Phi) is 9.01. The van der Waals surface area contributed by atoms with Gasteiger partial charge in [-0.15, -0.1) is 0 Å². The minimum atomic E-state index is -3.24. The molecule has 2 fully saturated rings. The van der Waals surface area contributed by atoms with Crippen LogP contribution in [0.2, 0.25) is 0 Å². The Morgan fingerprint density at radius 2 is 1.59 bits per heavy atom. The number of nitrogens with one attached hydrogen (secondary N) is 1. The molecule has 0 radical (unpaired) electrons. The Hall–Kier alpha value is -2.91. The summed E-state index contributed by atoms with van der Waals surface area (Å²) in [6.07, 6.45) is 4.99. The van der Waals surface area contributed by atoms with Gasteiger partial charge >= 0.3 is 0 Å². The first-order valence-electron chi connectivity index (χ1n) is 13.9. The van der Waals surface area contributed by atoms with Crippen LogP contribution in [-0.4, -0.2) is 67.5 Å². The van der Waals surface area contributed by atoms with Crippen LogP contribution in [0.4, 0.5) is 0 Å². The largest absolute Gasteiger partial charge is 0.457 e. The van der Waals surface area contributed by atoms with Crippen molar-refractivity contribution < 1.29 is 22.7 Å². The van der Waals surface area contributed by atoms with Gasteiger partial charge in [-0.2, -0.15) is 0 Å². The van der Waals surface area contributed by atoms with Gasteiger partial charge in [-0.25, -0.2) is 8.42 Å². The maximum absolute atomic E-state index is 13.4. The van der Waals surface area contributed by atoms with E-state index in [1.807, 2.05) is 29.2 Å². The summed E-state index contributed by atoms with van der Waals surface area (Å²) in [6.45, 7) is 9.13. The highest BCUT2D eigenvalue weighted by Crippen LogP contribution is 2.35. The molecule has 2 heterocycles. The molecular weight excluding hydrogens is 514 g/mol. The molecule has 9 heteroatoms. The second-order valence-corrected chi connectivity index (χ2v) is 13.3. The highest BCUT2D eigenvalue weighted by Gasteiger charge is 2.53. The third-order valence-electron chi connectivity index (χ3n) is 7.75. The number of likely N-dealkylation sites (tertiary alicyclic amines) is 1. The fourth-order valence-corrected chi connectivity index (χ4v) is 6.17. The fourth-order valence-electron chi connectivity index (χ4n) is 5.54. The van der Waals surface area contributed by atoms with Crippen LogP contribution in [0, 0.1) is 5.92 Å². The maximum atomic E-state index is 13.4. The number of unbranched alkanes of at least 4 members (excludes halogenated alkanes) is 1. The smallest absolute Gasteiger partial charge is 0.246 e. The van der Waals surface area contributed by atoms with Gasteiger partial charge in [0.15, 0.2) is 9.84 Å². The first-order chi connectivity index (χ1) is 18.5. The van der Waals surface area contributed by atoms with E-state index in [2.05, 4.69) is 31.0 Å². The second kappa shape index (κ2) is 12.1. The molecule has 39 heavy (non-hydrogen) atoms. The molecule has 8 nitrogen and oxygen atoms in total. The molecule has 0 unspecified atom stereocenters. The van der Waals surface area contributed by atoms with Crippen molar-refractivity contribution in [3.05, 3.63) is 54.1 Å². The molecule has 212 valence electrons. The highest BCUT2D eigenvalue weighted by molar-refractivity contribution is 7.90. The van der Waals surface area contributed by atoms with E-state index in [0.717, 1.165) is 38.0 Å². The molecule has 1 N–H and O–H groups in total. The topological polar surface area (TPSA) is 96.0 Å². The van der Waals surface area contributed by atoms with Crippen molar-refractivity contribution in [3.8, 4) is 11.5 Å². The van der Waals surface area contributed by atoms with Crippen LogP contribution in [0.3, 0.4) is 0 Å². The lowest BCUT2D eigenvalue weighted by atomic mass is 9.80. The van der Waals surface area contributed by atoms with E-state index >= 15 is 0 Å². The van der Waals surface area contributed by atoms with E-state index in [1.165, 1.54) is 18.4 Å². The average molecular weight is 556 g/mol. The van der Waals surface area contributed by atoms with Crippen molar-refractivity contribution in [1.29, 1.82) is 0 Å². The number of rotatable bonds is 10. The van der Waals surface area contributed by atoms with Crippen molar-refractivity contribution >= 4 is 21.7 Å². The molecule has 2 aliphatic rings. The van der Waals surface area contributed by atoms with Gasteiger partial charge in [0.25, 0.3) is 0 Å². The number of ether oxygens (including phenoxy) is 1. The number of hydrogen-bond donors (Lipinski definition) is 1. The van der Waals surface area contributed by atoms with E-state index in [1.54, 1.807) is 12.1 Å². The summed E-state index contributed by atoms with van der Waals surface area (Å²) in [5, 5.41) is 3.07. The molecule has 0 bridgehead atoms. The Bertz CT molecular complexity index is 1250. The molecule has 2 aliphatic heterocycles. The normalized spacial score (nSPS) is 19.9. The summed E-state index contributed by atoms with van der Waals surface area (Å²) >= 11 is 0. The van der Waals surface area contributed by atoms with Gasteiger partial charge < -0.3 is 15.0 Å². The van der Waals surface area contributed by atoms with E-state index in [0.29, 0.717) is 43.2 Å². The Morgan fingerprint density at radius 3 is 2.13 bits per heavy atom. The number of piperazine rings is 1. The van der Waals surface area contributed by atoms with Crippen molar-refractivity contribution in [2.75, 3.05) is 25.9 Å². The van der Waals surface area contributed by atoms with Gasteiger partial charge in [-0.1, -0.05) is 39.3 Å². The highest BCUT2D eigenvalue weighted by atomic mass is 32.2. The molecule has 0 saturated carbocycles. The van der Waals surface area contributed by atoms with Gasteiger partial charge in [0, 0.05) is 32.4 Å². The van der Waals surface area contributed by atoms with Crippen LogP contribution >= 0.6 is 0 Å². The van der Waals surface area contributed by atoms with E-state index in [9.17, 15) is 18.0 Å². The maximum Gasteiger partial charge on any atom is 0.246 e. The molecule has 0 aliphatic carbocycles. The van der Waals surface area contributed by atoms with Gasteiger partial charge in [0.05, 0.1) is 4.90 Å². The SMILES string of the molecule is CCCCN1C(=O)[C@H](CC(C)C)NC(=O)C12CCN(Cc1ccc(Oc3ccc(S(C)(=O)=O)cc3)cc1)CC2. The number of piperidine rings is 1. The molecular formula is C30H41N3O5S. The zero-order valence-corrected chi connectivity index (χ0v) is 24.3. The molecule has 1 spiro atoms. The summed E-state index contributed by atoms with van der Waals surface area (Å²) in [6, 6.07) is 13.8. The fraction of sp³-hybridized carbons (Fsp3) is 0.533. The van der Waals surface area contributed by atoms with Crippen LogP contribution in [0.15, 0.2) is 53.4 Å². The molecule has 2 aromatic carbocycles. The summed E-state index contributed by atoms with van der Waals surface area (Å²) in [4.78, 5) is 31.4. The summed E-state index contributed by atoms with van der Waals surface area (Å²) < 4.78 is 29.2. The lowest BCUT2D eigenvalue weighted by molar-refractivity contribution is -0.161. The predicted molar refractivity (Wildman–Crippen MR) is 151 cm³/mol. The minimum Gasteiger partial charge on any atom is -0.457 e. The van der Waals surface area contributed by atoms with Crippen molar-refractivity contribution in [3.63, 3.8) is 0 Å². The number of amides is 2. The Balaban J connectivity index is 1.36. The van der Waals surface area contributed by atoms with Crippen molar-refractivity contribution in [2.45, 2.75) is 75.9 Å². The van der Waals surface area contributed by atoms with E-state index in [-0.39, 0.29) is 16.7 Å². The average Bonchev–Trinajstić information content (AvgIpc) is 2.89. The van der Waals surface area contributed by atoms with Crippen LogP contribution < -0.4 is 10.1 Å².